The van der Waals surface area contributed by atoms with Gasteiger partial charge in [0, 0.05) is 26.0 Å². The molecular weight excluding hydrogens is 393 g/mol. The summed E-state index contributed by atoms with van der Waals surface area (Å²) in [6, 6.07) is 0. The van der Waals surface area contributed by atoms with Crippen molar-refractivity contribution < 1.29 is 45.7 Å². The Labute approximate surface area is 146 Å². The molecule has 0 fully saturated rings. The smallest absolute Gasteiger partial charge is 0.411 e. The van der Waals surface area contributed by atoms with Crippen molar-refractivity contribution >= 4 is 27.4 Å². The summed E-state index contributed by atoms with van der Waals surface area (Å²) in [5.74, 6) is -1.53. The fourth-order valence-corrected chi connectivity index (χ4v) is 4.03. The van der Waals surface area contributed by atoms with Crippen LogP contribution in [0.4, 0.5) is 13.2 Å². The number of methoxy groups -OCH3 is 2. The summed E-state index contributed by atoms with van der Waals surface area (Å²) in [6.45, 7) is -2.53. The molecule has 1 rings (SSSR count). The van der Waals surface area contributed by atoms with Crippen LogP contribution in [0.15, 0.2) is 21.1 Å². The maximum atomic E-state index is 12.3. The molecule has 1 aliphatic rings. The molecule has 144 valence electrons. The quantitative estimate of drug-likeness (QED) is 0.681. The van der Waals surface area contributed by atoms with Gasteiger partial charge in [-0.15, -0.1) is 0 Å². The number of hydrogen-bond acceptors (Lipinski definition) is 6. The van der Waals surface area contributed by atoms with Crippen molar-refractivity contribution in [1.29, 1.82) is 0 Å². The van der Waals surface area contributed by atoms with Crippen LogP contribution in [0.1, 0.15) is 0 Å². The minimum atomic E-state index is -4.65. The van der Waals surface area contributed by atoms with Crippen molar-refractivity contribution in [2.75, 3.05) is 33.7 Å². The van der Waals surface area contributed by atoms with E-state index in [9.17, 15) is 31.5 Å². The first-order chi connectivity index (χ1) is 11.3. The van der Waals surface area contributed by atoms with E-state index < -0.39 is 68.5 Å². The highest BCUT2D eigenvalue weighted by molar-refractivity contribution is 7.94. The number of alkyl halides is 3. The minimum absolute atomic E-state index is 0.411. The number of halogens is 4. The molecular formula is C13H16ClF3O7S. The third-order valence-corrected chi connectivity index (χ3v) is 4.98. The van der Waals surface area contributed by atoms with Gasteiger partial charge in [-0.3, -0.25) is 0 Å². The lowest BCUT2D eigenvalue weighted by atomic mass is 9.93. The van der Waals surface area contributed by atoms with E-state index >= 15 is 0 Å². The number of carboxylic acid groups (broad SMARTS) is 1. The number of ether oxygens (including phenoxy) is 3. The number of carbonyl (C=O) groups is 1. The van der Waals surface area contributed by atoms with Crippen LogP contribution in [0.3, 0.4) is 0 Å². The Hall–Kier alpha value is -1.14. The molecule has 0 aromatic heterocycles. The molecule has 0 saturated carbocycles. The monoisotopic (exact) mass is 408 g/mol. The highest BCUT2D eigenvalue weighted by Crippen LogP contribution is 2.38. The van der Waals surface area contributed by atoms with E-state index in [2.05, 4.69) is 4.74 Å². The molecule has 0 radical (unpaired) electrons. The zero-order valence-electron chi connectivity index (χ0n) is 13.4. The third kappa shape index (κ3) is 5.17. The number of sulfone groups is 1. The maximum absolute atomic E-state index is 12.3. The van der Waals surface area contributed by atoms with E-state index in [0.717, 1.165) is 20.5 Å². The summed E-state index contributed by atoms with van der Waals surface area (Å²) in [4.78, 5) is 11.0. The van der Waals surface area contributed by atoms with Crippen LogP contribution in [-0.2, 0) is 28.8 Å². The summed E-state index contributed by atoms with van der Waals surface area (Å²) >= 11 is 5.97. The van der Waals surface area contributed by atoms with E-state index in [-0.39, 0.29) is 0 Å². The Balaban J connectivity index is 3.53. The molecule has 12 heteroatoms. The van der Waals surface area contributed by atoms with Crippen LogP contribution in [0.25, 0.3) is 0 Å². The van der Waals surface area contributed by atoms with Crippen molar-refractivity contribution in [3.05, 3.63) is 21.1 Å². The lowest BCUT2D eigenvalue weighted by molar-refractivity contribution is -0.171. The summed E-state index contributed by atoms with van der Waals surface area (Å²) in [5, 5.41) is 8.75. The van der Waals surface area contributed by atoms with Crippen LogP contribution in [-0.4, -0.2) is 71.6 Å². The van der Waals surface area contributed by atoms with Crippen molar-refractivity contribution in [3.63, 3.8) is 0 Å². The summed E-state index contributed by atoms with van der Waals surface area (Å²) in [6.07, 6.45) is -6.63. The van der Waals surface area contributed by atoms with E-state index in [1.54, 1.807) is 0 Å². The average molecular weight is 409 g/mol. The Morgan fingerprint density at radius 3 is 2.12 bits per heavy atom. The second-order valence-corrected chi connectivity index (χ2v) is 7.43. The molecule has 0 aromatic carbocycles. The topological polar surface area (TPSA) is 99.1 Å². The van der Waals surface area contributed by atoms with Gasteiger partial charge in [0.2, 0.25) is 0 Å². The third-order valence-electron chi connectivity index (χ3n) is 3.27. The van der Waals surface area contributed by atoms with Gasteiger partial charge in [-0.2, -0.15) is 13.2 Å². The van der Waals surface area contributed by atoms with Gasteiger partial charge in [-0.05, 0) is 0 Å². The number of carboxylic acids is 1. The standard InChI is InChI=1S/C13H16ClF3O7S/c1-22-9-7(12(18)19)8(14)6(4-24-5-13(15,16)17)11(10(9)23-2)25(3,20)21/h9-10H,4-5H2,1-3H3,(H,18,19). The van der Waals surface area contributed by atoms with Crippen LogP contribution in [0, 0.1) is 0 Å². The maximum Gasteiger partial charge on any atom is 0.411 e. The van der Waals surface area contributed by atoms with Crippen molar-refractivity contribution in [2.45, 2.75) is 18.4 Å². The largest absolute Gasteiger partial charge is 0.478 e. The SMILES string of the molecule is COC1C(C(=O)O)=C(Cl)C(COCC(F)(F)F)=C(S(C)(=O)=O)C1OC. The van der Waals surface area contributed by atoms with Gasteiger partial charge in [-0.1, -0.05) is 11.6 Å². The van der Waals surface area contributed by atoms with Crippen LogP contribution >= 0.6 is 11.6 Å². The zero-order valence-corrected chi connectivity index (χ0v) is 15.0. The summed E-state index contributed by atoms with van der Waals surface area (Å²) in [7, 11) is -1.80. The van der Waals surface area contributed by atoms with Gasteiger partial charge in [-0.25, -0.2) is 13.2 Å². The first-order valence-corrected chi connectivity index (χ1v) is 8.88. The first kappa shape index (κ1) is 21.9. The second-order valence-electron chi connectivity index (χ2n) is 5.07. The van der Waals surface area contributed by atoms with Gasteiger partial charge >= 0.3 is 12.1 Å². The molecule has 7 nitrogen and oxygen atoms in total. The molecule has 0 aliphatic heterocycles. The fraction of sp³-hybridized carbons (Fsp3) is 0.615. The number of hydrogen-bond donors (Lipinski definition) is 1. The van der Waals surface area contributed by atoms with Gasteiger partial charge in [0.25, 0.3) is 0 Å². The summed E-state index contributed by atoms with van der Waals surface area (Å²) in [5.41, 5.74) is -0.944. The highest BCUT2D eigenvalue weighted by Gasteiger charge is 2.44. The van der Waals surface area contributed by atoms with Crippen molar-refractivity contribution in [2.24, 2.45) is 0 Å². The van der Waals surface area contributed by atoms with E-state index in [4.69, 9.17) is 21.1 Å². The number of aliphatic carboxylic acids is 1. The first-order valence-electron chi connectivity index (χ1n) is 6.61. The molecule has 0 bridgehead atoms. The normalized spacial score (nSPS) is 22.5. The lowest BCUT2D eigenvalue weighted by Crippen LogP contribution is -2.42. The molecule has 1 N–H and O–H groups in total. The van der Waals surface area contributed by atoms with E-state index in [1.165, 1.54) is 0 Å². The Kier molecular flexibility index (Phi) is 7.04. The minimum Gasteiger partial charge on any atom is -0.478 e. The predicted molar refractivity (Wildman–Crippen MR) is 80.9 cm³/mol. The molecule has 0 amide bonds. The summed E-state index contributed by atoms with van der Waals surface area (Å²) < 4.78 is 75.5. The Morgan fingerprint density at radius 1 is 1.24 bits per heavy atom. The lowest BCUT2D eigenvalue weighted by Gasteiger charge is -2.33. The highest BCUT2D eigenvalue weighted by atomic mass is 35.5. The predicted octanol–water partition coefficient (Wildman–Crippen LogP) is 1.49. The van der Waals surface area contributed by atoms with E-state index in [1.807, 2.05) is 0 Å². The molecule has 2 unspecified atom stereocenters. The molecule has 0 heterocycles. The molecule has 25 heavy (non-hydrogen) atoms. The van der Waals surface area contributed by atoms with Crippen molar-refractivity contribution in [3.8, 4) is 0 Å². The van der Waals surface area contributed by atoms with Crippen molar-refractivity contribution in [1.82, 2.24) is 0 Å². The van der Waals surface area contributed by atoms with Crippen LogP contribution in [0.2, 0.25) is 0 Å². The average Bonchev–Trinajstić information content (AvgIpc) is 2.44. The molecule has 1 aliphatic carbocycles. The van der Waals surface area contributed by atoms with Gasteiger partial charge in [0.1, 0.15) is 18.8 Å². The number of rotatable bonds is 7. The van der Waals surface area contributed by atoms with Gasteiger partial charge < -0.3 is 19.3 Å². The van der Waals surface area contributed by atoms with Gasteiger partial charge in [0.15, 0.2) is 9.84 Å². The van der Waals surface area contributed by atoms with E-state index in [0.29, 0.717) is 0 Å². The fourth-order valence-electron chi connectivity index (χ4n) is 2.38. The zero-order chi connectivity index (χ0) is 19.6. The van der Waals surface area contributed by atoms with Gasteiger partial charge in [0.05, 0.1) is 22.1 Å². The Morgan fingerprint density at radius 2 is 1.76 bits per heavy atom. The molecule has 2 atom stereocenters. The molecule has 0 spiro atoms. The second kappa shape index (κ2) is 8.04. The Bertz CT molecular complexity index is 697. The molecule has 0 saturated heterocycles. The van der Waals surface area contributed by atoms with Crippen LogP contribution in [0.5, 0.6) is 0 Å². The molecule has 0 aromatic rings. The van der Waals surface area contributed by atoms with Crippen LogP contribution < -0.4 is 0 Å².